The zero-order valence-electron chi connectivity index (χ0n) is 15.3. The van der Waals surface area contributed by atoms with Crippen molar-refractivity contribution in [3.8, 4) is 0 Å². The first-order valence-corrected chi connectivity index (χ1v) is 9.60. The number of hydrogen-bond donors (Lipinski definition) is 2. The van der Waals surface area contributed by atoms with E-state index in [2.05, 4.69) is 12.6 Å². The van der Waals surface area contributed by atoms with Gasteiger partial charge in [0.1, 0.15) is 12.6 Å². The molecule has 1 aliphatic rings. The summed E-state index contributed by atoms with van der Waals surface area (Å²) in [5.74, 6) is -1.55. The van der Waals surface area contributed by atoms with Gasteiger partial charge in [0.15, 0.2) is 0 Å². The van der Waals surface area contributed by atoms with E-state index in [-0.39, 0.29) is 13.0 Å². The largest absolute Gasteiger partial charge is 0.480 e. The van der Waals surface area contributed by atoms with Crippen LogP contribution in [-0.4, -0.2) is 50.8 Å². The lowest BCUT2D eigenvalue weighted by Crippen LogP contribution is -2.46. The van der Waals surface area contributed by atoms with Gasteiger partial charge in [-0.25, -0.2) is 9.59 Å². The first-order valence-electron chi connectivity index (χ1n) is 9.08. The molecule has 3 amide bonds. The van der Waals surface area contributed by atoms with Crippen molar-refractivity contribution in [1.82, 2.24) is 9.80 Å². The minimum absolute atomic E-state index is 0.143. The molecule has 0 spiro atoms. The lowest BCUT2D eigenvalue weighted by Gasteiger charge is -2.26. The number of urea groups is 1. The van der Waals surface area contributed by atoms with E-state index in [0.29, 0.717) is 12.8 Å². The summed E-state index contributed by atoms with van der Waals surface area (Å²) in [5.41, 5.74) is 1.88. The first-order chi connectivity index (χ1) is 13.5. The van der Waals surface area contributed by atoms with Crippen LogP contribution in [0.5, 0.6) is 0 Å². The van der Waals surface area contributed by atoms with Crippen molar-refractivity contribution in [3.05, 3.63) is 71.8 Å². The van der Waals surface area contributed by atoms with Crippen LogP contribution in [0.25, 0.3) is 0 Å². The average molecular weight is 398 g/mol. The summed E-state index contributed by atoms with van der Waals surface area (Å²) in [4.78, 5) is 39.3. The third kappa shape index (κ3) is 4.54. The number of rotatable bonds is 8. The summed E-state index contributed by atoms with van der Waals surface area (Å²) in [6.07, 6.45) is 1.30. The number of benzene rings is 2. The van der Waals surface area contributed by atoms with Gasteiger partial charge >= 0.3 is 12.0 Å². The smallest absolute Gasteiger partial charge is 0.328 e. The van der Waals surface area contributed by atoms with Gasteiger partial charge in [0.2, 0.25) is 0 Å². The Balaban J connectivity index is 1.69. The van der Waals surface area contributed by atoms with E-state index in [1.54, 1.807) is 12.1 Å². The van der Waals surface area contributed by atoms with Crippen molar-refractivity contribution >= 4 is 30.5 Å². The Morgan fingerprint density at radius 2 is 1.57 bits per heavy atom. The van der Waals surface area contributed by atoms with Crippen LogP contribution in [-0.2, 0) is 22.4 Å². The molecule has 0 saturated carbocycles. The molecule has 1 heterocycles. The van der Waals surface area contributed by atoms with Crippen LogP contribution in [0, 0.1) is 0 Å². The molecule has 28 heavy (non-hydrogen) atoms. The summed E-state index contributed by atoms with van der Waals surface area (Å²) >= 11 is 4.44. The van der Waals surface area contributed by atoms with E-state index in [1.807, 2.05) is 48.5 Å². The number of carbonyl (C=O) groups is 3. The Morgan fingerprint density at radius 1 is 1.00 bits per heavy atom. The molecule has 3 rings (SSSR count). The maximum Gasteiger partial charge on any atom is 0.328 e. The highest BCUT2D eigenvalue weighted by Crippen LogP contribution is 2.23. The Morgan fingerprint density at radius 3 is 2.14 bits per heavy atom. The molecule has 2 aromatic carbocycles. The maximum absolute atomic E-state index is 12.8. The molecule has 2 aromatic rings. The Labute approximate surface area is 169 Å². The number of imide groups is 1. The molecule has 0 aromatic heterocycles. The number of amides is 3. The van der Waals surface area contributed by atoms with Gasteiger partial charge in [-0.15, -0.1) is 0 Å². The maximum atomic E-state index is 12.8. The Bertz CT molecular complexity index is 844. The number of aryl methyl sites for hydroxylation is 1. The summed E-state index contributed by atoms with van der Waals surface area (Å²) in [5, 5.41) is 9.03. The molecule has 0 radical (unpaired) electrons. The number of carboxylic acid groups (broad SMARTS) is 1. The minimum atomic E-state index is -1.13. The van der Waals surface area contributed by atoms with E-state index in [0.717, 1.165) is 20.9 Å². The van der Waals surface area contributed by atoms with Gasteiger partial charge in [-0.2, -0.15) is 12.6 Å². The molecule has 6 nitrogen and oxygen atoms in total. The van der Waals surface area contributed by atoms with Gasteiger partial charge in [-0.3, -0.25) is 9.69 Å². The average Bonchev–Trinajstić information content (AvgIpc) is 2.99. The van der Waals surface area contributed by atoms with Crippen LogP contribution >= 0.6 is 12.6 Å². The van der Waals surface area contributed by atoms with Crippen molar-refractivity contribution in [2.75, 3.05) is 6.54 Å². The van der Waals surface area contributed by atoms with Gasteiger partial charge in [-0.05, 0) is 24.0 Å². The summed E-state index contributed by atoms with van der Waals surface area (Å²) in [6, 6.07) is 17.1. The monoisotopic (exact) mass is 398 g/mol. The fourth-order valence-corrected chi connectivity index (χ4v) is 3.67. The SMILES string of the molecule is O=C(O)[C@H](Cc1ccccc1)N1CC(=O)N(C(S)CCc2ccccc2)C1=O. The molecule has 0 bridgehead atoms. The molecule has 0 aliphatic carbocycles. The van der Waals surface area contributed by atoms with Crippen molar-refractivity contribution in [3.63, 3.8) is 0 Å². The third-order valence-electron chi connectivity index (χ3n) is 4.79. The van der Waals surface area contributed by atoms with E-state index in [1.165, 1.54) is 0 Å². The van der Waals surface area contributed by atoms with Gasteiger partial charge in [0, 0.05) is 6.42 Å². The van der Waals surface area contributed by atoms with Crippen molar-refractivity contribution in [1.29, 1.82) is 0 Å². The second kappa shape index (κ2) is 8.93. The van der Waals surface area contributed by atoms with E-state index >= 15 is 0 Å². The zero-order valence-corrected chi connectivity index (χ0v) is 16.2. The predicted molar refractivity (Wildman–Crippen MR) is 108 cm³/mol. The molecule has 1 aliphatic heterocycles. The van der Waals surface area contributed by atoms with Crippen molar-refractivity contribution < 1.29 is 19.5 Å². The number of thiol groups is 1. The molecular weight excluding hydrogens is 376 g/mol. The normalized spacial score (nSPS) is 16.3. The van der Waals surface area contributed by atoms with E-state index in [4.69, 9.17) is 0 Å². The fraction of sp³-hybridized carbons (Fsp3) is 0.286. The number of hydrogen-bond acceptors (Lipinski definition) is 4. The Hall–Kier alpha value is -2.80. The molecule has 1 unspecified atom stereocenters. The van der Waals surface area contributed by atoms with E-state index < -0.39 is 29.3 Å². The number of aliphatic carboxylic acids is 1. The molecule has 7 heteroatoms. The number of carbonyl (C=O) groups excluding carboxylic acids is 2. The molecule has 1 N–H and O–H groups in total. The molecule has 1 saturated heterocycles. The highest BCUT2D eigenvalue weighted by atomic mass is 32.1. The van der Waals surface area contributed by atoms with E-state index in [9.17, 15) is 19.5 Å². The van der Waals surface area contributed by atoms with Crippen LogP contribution in [0.4, 0.5) is 4.79 Å². The summed E-state index contributed by atoms with van der Waals surface area (Å²) in [7, 11) is 0. The topological polar surface area (TPSA) is 77.9 Å². The zero-order chi connectivity index (χ0) is 20.1. The summed E-state index contributed by atoms with van der Waals surface area (Å²) < 4.78 is 0. The summed E-state index contributed by atoms with van der Waals surface area (Å²) in [6.45, 7) is -0.245. The van der Waals surface area contributed by atoms with Crippen molar-refractivity contribution in [2.24, 2.45) is 0 Å². The van der Waals surface area contributed by atoms with Gasteiger partial charge < -0.3 is 10.0 Å². The van der Waals surface area contributed by atoms with Gasteiger partial charge in [-0.1, -0.05) is 60.7 Å². The quantitative estimate of drug-likeness (QED) is 0.530. The lowest BCUT2D eigenvalue weighted by molar-refractivity contribution is -0.142. The van der Waals surface area contributed by atoms with Crippen molar-refractivity contribution in [2.45, 2.75) is 30.7 Å². The Kier molecular flexibility index (Phi) is 6.36. The minimum Gasteiger partial charge on any atom is -0.480 e. The van der Waals surface area contributed by atoms with Gasteiger partial charge in [0.05, 0.1) is 5.37 Å². The van der Waals surface area contributed by atoms with Crippen LogP contribution in [0.2, 0.25) is 0 Å². The fourth-order valence-electron chi connectivity index (χ4n) is 3.31. The van der Waals surface area contributed by atoms with Gasteiger partial charge in [0.25, 0.3) is 5.91 Å². The second-order valence-electron chi connectivity index (χ2n) is 6.72. The highest BCUT2D eigenvalue weighted by molar-refractivity contribution is 7.80. The molecule has 1 fully saturated rings. The van der Waals surface area contributed by atoms with Crippen LogP contribution in [0.1, 0.15) is 17.5 Å². The third-order valence-corrected chi connectivity index (χ3v) is 5.28. The standard InChI is InChI=1S/C21H22N2O4S/c24-18-14-22(17(20(25)26)13-16-9-5-2-6-10-16)21(27)23(18)19(28)12-11-15-7-3-1-4-8-15/h1-10,17,19,28H,11-14H2,(H,25,26)/t17-,19?/m0/s1. The van der Waals surface area contributed by atoms with Crippen LogP contribution in [0.3, 0.4) is 0 Å². The second-order valence-corrected chi connectivity index (χ2v) is 7.32. The molecule has 2 atom stereocenters. The molecule has 146 valence electrons. The number of carboxylic acids is 1. The predicted octanol–water partition coefficient (Wildman–Crippen LogP) is 2.84. The van der Waals surface area contributed by atoms with Crippen LogP contribution < -0.4 is 0 Å². The number of nitrogens with zero attached hydrogens (tertiary/aromatic N) is 2. The first kappa shape index (κ1) is 19.9. The molecular formula is C21H22N2O4S. The highest BCUT2D eigenvalue weighted by Gasteiger charge is 2.44. The lowest BCUT2D eigenvalue weighted by atomic mass is 10.1. The van der Waals surface area contributed by atoms with Crippen LogP contribution in [0.15, 0.2) is 60.7 Å².